The molecule has 0 rings (SSSR count). The molecule has 0 saturated heterocycles. The van der Waals surface area contributed by atoms with E-state index in [1.54, 1.807) is 0 Å². The number of aliphatic hydroxyl groups is 1. The Bertz CT molecular complexity index is 274. The van der Waals surface area contributed by atoms with Crippen LogP contribution in [0.3, 0.4) is 0 Å². The third-order valence-electron chi connectivity index (χ3n) is 3.94. The molecule has 0 fully saturated rings. The lowest BCUT2D eigenvalue weighted by Crippen LogP contribution is -2.02. The van der Waals surface area contributed by atoms with E-state index in [2.05, 4.69) is 17.7 Å². The zero-order chi connectivity index (χ0) is 16.5. The van der Waals surface area contributed by atoms with Crippen molar-refractivity contribution in [2.24, 2.45) is 0 Å². The first-order chi connectivity index (χ1) is 10.7. The molecule has 130 valence electrons. The molecule has 0 amide bonds. The van der Waals surface area contributed by atoms with E-state index < -0.39 is 0 Å². The van der Waals surface area contributed by atoms with E-state index in [1.165, 1.54) is 45.6 Å². The van der Waals surface area contributed by atoms with Crippen molar-refractivity contribution in [2.75, 3.05) is 7.11 Å². The maximum Gasteiger partial charge on any atom is 0.305 e. The van der Waals surface area contributed by atoms with Gasteiger partial charge in [-0.25, -0.2) is 0 Å². The van der Waals surface area contributed by atoms with Crippen LogP contribution in [0.5, 0.6) is 0 Å². The zero-order valence-corrected chi connectivity index (χ0v) is 14.7. The van der Waals surface area contributed by atoms with Crippen molar-refractivity contribution in [3.63, 3.8) is 0 Å². The van der Waals surface area contributed by atoms with Crippen molar-refractivity contribution in [1.82, 2.24) is 0 Å². The molecule has 0 bridgehead atoms. The Morgan fingerprint density at radius 1 is 1.00 bits per heavy atom. The minimum Gasteiger partial charge on any atom is -0.469 e. The van der Waals surface area contributed by atoms with E-state index in [1.807, 2.05) is 6.08 Å². The number of carbonyl (C=O) groups excluding carboxylic acids is 1. The predicted octanol–water partition coefficient (Wildman–Crippen LogP) is 5.17. The largest absolute Gasteiger partial charge is 0.469 e. The standard InChI is InChI=1S/C19H36O3/c1-3-4-5-6-7-8-9-12-15-18(20)16-13-10-11-14-17-19(21)22-2/h12,15,18,20H,3-11,13-14,16-17H2,1-2H3/b15-12-. The Kier molecular flexibility index (Phi) is 15.9. The van der Waals surface area contributed by atoms with Crippen molar-refractivity contribution in [3.05, 3.63) is 12.2 Å². The Morgan fingerprint density at radius 2 is 1.64 bits per heavy atom. The highest BCUT2D eigenvalue weighted by molar-refractivity contribution is 5.68. The van der Waals surface area contributed by atoms with Crippen molar-refractivity contribution in [2.45, 2.75) is 96.5 Å². The van der Waals surface area contributed by atoms with E-state index in [0.29, 0.717) is 6.42 Å². The first-order valence-electron chi connectivity index (χ1n) is 9.12. The second-order valence-electron chi connectivity index (χ2n) is 6.08. The fraction of sp³-hybridized carbons (Fsp3) is 0.842. The molecule has 3 heteroatoms. The highest BCUT2D eigenvalue weighted by Gasteiger charge is 2.01. The van der Waals surface area contributed by atoms with Gasteiger partial charge in [0.1, 0.15) is 0 Å². The number of unbranched alkanes of at least 4 members (excludes halogenated alkanes) is 9. The topological polar surface area (TPSA) is 46.5 Å². The first-order valence-corrected chi connectivity index (χ1v) is 9.12. The van der Waals surface area contributed by atoms with Gasteiger partial charge in [0.25, 0.3) is 0 Å². The van der Waals surface area contributed by atoms with Crippen LogP contribution in [-0.4, -0.2) is 24.3 Å². The van der Waals surface area contributed by atoms with Gasteiger partial charge in [-0.1, -0.05) is 70.4 Å². The zero-order valence-electron chi connectivity index (χ0n) is 14.7. The SMILES string of the molecule is CCCCCCCC/C=C\C(O)CCCCCCC(=O)OC. The van der Waals surface area contributed by atoms with Crippen LogP contribution in [-0.2, 0) is 9.53 Å². The smallest absolute Gasteiger partial charge is 0.305 e. The molecule has 0 aromatic heterocycles. The number of methoxy groups -OCH3 is 1. The van der Waals surface area contributed by atoms with Crippen molar-refractivity contribution in [1.29, 1.82) is 0 Å². The number of carbonyl (C=O) groups is 1. The van der Waals surface area contributed by atoms with Crippen LogP contribution in [0.15, 0.2) is 12.2 Å². The van der Waals surface area contributed by atoms with E-state index in [0.717, 1.165) is 38.5 Å². The molecule has 22 heavy (non-hydrogen) atoms. The molecule has 0 aromatic carbocycles. The summed E-state index contributed by atoms with van der Waals surface area (Å²) >= 11 is 0. The summed E-state index contributed by atoms with van der Waals surface area (Å²) in [6.07, 6.45) is 18.1. The van der Waals surface area contributed by atoms with Gasteiger partial charge in [-0.3, -0.25) is 4.79 Å². The Hall–Kier alpha value is -0.830. The minimum atomic E-state index is -0.305. The van der Waals surface area contributed by atoms with Crippen LogP contribution in [0.2, 0.25) is 0 Å². The van der Waals surface area contributed by atoms with Crippen molar-refractivity contribution < 1.29 is 14.6 Å². The summed E-state index contributed by atoms with van der Waals surface area (Å²) in [6.45, 7) is 2.24. The third kappa shape index (κ3) is 15.6. The fourth-order valence-electron chi connectivity index (χ4n) is 2.47. The molecular formula is C19H36O3. The Morgan fingerprint density at radius 3 is 2.36 bits per heavy atom. The van der Waals surface area contributed by atoms with Crippen LogP contribution < -0.4 is 0 Å². The molecule has 0 heterocycles. The lowest BCUT2D eigenvalue weighted by Gasteiger charge is -2.05. The summed E-state index contributed by atoms with van der Waals surface area (Å²) in [6, 6.07) is 0. The highest BCUT2D eigenvalue weighted by atomic mass is 16.5. The molecular weight excluding hydrogens is 276 g/mol. The Balaban J connectivity index is 3.32. The molecule has 0 aliphatic heterocycles. The van der Waals surface area contributed by atoms with E-state index in [4.69, 9.17) is 0 Å². The molecule has 1 atom stereocenters. The minimum absolute atomic E-state index is 0.127. The second-order valence-corrected chi connectivity index (χ2v) is 6.08. The van der Waals surface area contributed by atoms with Gasteiger partial charge in [-0.2, -0.15) is 0 Å². The maximum atomic E-state index is 10.9. The van der Waals surface area contributed by atoms with E-state index in [-0.39, 0.29) is 12.1 Å². The van der Waals surface area contributed by atoms with Crippen LogP contribution in [0.25, 0.3) is 0 Å². The number of hydrogen-bond acceptors (Lipinski definition) is 3. The van der Waals surface area contributed by atoms with Gasteiger partial charge in [0.15, 0.2) is 0 Å². The van der Waals surface area contributed by atoms with Crippen molar-refractivity contribution >= 4 is 5.97 Å². The van der Waals surface area contributed by atoms with Gasteiger partial charge in [-0.05, 0) is 25.7 Å². The molecule has 3 nitrogen and oxygen atoms in total. The molecule has 1 unspecified atom stereocenters. The van der Waals surface area contributed by atoms with E-state index in [9.17, 15) is 9.90 Å². The summed E-state index contributed by atoms with van der Waals surface area (Å²) in [5, 5.41) is 9.84. The van der Waals surface area contributed by atoms with Crippen molar-refractivity contribution in [3.8, 4) is 0 Å². The number of allylic oxidation sites excluding steroid dienone is 1. The summed E-state index contributed by atoms with van der Waals surface area (Å²) in [4.78, 5) is 10.9. The fourth-order valence-corrected chi connectivity index (χ4v) is 2.47. The van der Waals surface area contributed by atoms with E-state index >= 15 is 0 Å². The Labute approximate surface area is 137 Å². The summed E-state index contributed by atoms with van der Waals surface area (Å²) in [5.74, 6) is -0.127. The van der Waals surface area contributed by atoms with Gasteiger partial charge in [0.2, 0.25) is 0 Å². The summed E-state index contributed by atoms with van der Waals surface area (Å²) in [5.41, 5.74) is 0. The number of hydrogen-bond donors (Lipinski definition) is 1. The molecule has 0 aliphatic carbocycles. The van der Waals surface area contributed by atoms with Gasteiger partial charge in [-0.15, -0.1) is 0 Å². The first kappa shape index (κ1) is 21.2. The number of esters is 1. The predicted molar refractivity (Wildman–Crippen MR) is 92.9 cm³/mol. The maximum absolute atomic E-state index is 10.9. The van der Waals surface area contributed by atoms with Gasteiger partial charge < -0.3 is 9.84 Å². The average Bonchev–Trinajstić information content (AvgIpc) is 2.52. The lowest BCUT2D eigenvalue weighted by molar-refractivity contribution is -0.140. The molecule has 0 aromatic rings. The van der Waals surface area contributed by atoms with Crippen LogP contribution in [0.1, 0.15) is 90.4 Å². The molecule has 0 saturated carbocycles. The molecule has 0 radical (unpaired) electrons. The van der Waals surface area contributed by atoms with Crippen LogP contribution >= 0.6 is 0 Å². The summed E-state index contributed by atoms with van der Waals surface area (Å²) < 4.78 is 4.60. The number of rotatable bonds is 15. The summed E-state index contributed by atoms with van der Waals surface area (Å²) in [7, 11) is 1.43. The monoisotopic (exact) mass is 312 g/mol. The average molecular weight is 312 g/mol. The van der Waals surface area contributed by atoms with Gasteiger partial charge in [0, 0.05) is 6.42 Å². The normalized spacial score (nSPS) is 12.7. The number of ether oxygens (including phenoxy) is 1. The van der Waals surface area contributed by atoms with Crippen LogP contribution in [0, 0.1) is 0 Å². The highest BCUT2D eigenvalue weighted by Crippen LogP contribution is 2.10. The van der Waals surface area contributed by atoms with Gasteiger partial charge in [0.05, 0.1) is 13.2 Å². The van der Waals surface area contributed by atoms with Gasteiger partial charge >= 0.3 is 5.97 Å². The number of aliphatic hydroxyl groups excluding tert-OH is 1. The third-order valence-corrected chi connectivity index (χ3v) is 3.94. The molecule has 0 spiro atoms. The second kappa shape index (κ2) is 16.5. The molecule has 0 aliphatic rings. The molecule has 1 N–H and O–H groups in total. The lowest BCUT2D eigenvalue weighted by atomic mass is 10.1. The quantitative estimate of drug-likeness (QED) is 0.258. The van der Waals surface area contributed by atoms with Crippen LogP contribution in [0.4, 0.5) is 0 Å².